The summed E-state index contributed by atoms with van der Waals surface area (Å²) in [6.07, 6.45) is 1.83. The van der Waals surface area contributed by atoms with Gasteiger partial charge in [0.25, 0.3) is 0 Å². The van der Waals surface area contributed by atoms with Crippen LogP contribution in [0.3, 0.4) is 0 Å². The van der Waals surface area contributed by atoms with Gasteiger partial charge in [-0.15, -0.1) is 0 Å². The Kier molecular flexibility index (Phi) is 8.35. The molecule has 1 aromatic carbocycles. The molecular formula is C17H30N2O2. The number of aliphatic hydroxyl groups is 1. The number of aryl methyl sites for hydroxylation is 2. The van der Waals surface area contributed by atoms with Gasteiger partial charge in [0.1, 0.15) is 18.5 Å². The van der Waals surface area contributed by atoms with Gasteiger partial charge in [0.15, 0.2) is 0 Å². The highest BCUT2D eigenvalue weighted by atomic mass is 16.5. The molecule has 0 aliphatic rings. The Morgan fingerprint density at radius 2 is 2.00 bits per heavy atom. The van der Waals surface area contributed by atoms with Crippen LogP contribution in [-0.4, -0.2) is 56.4 Å². The summed E-state index contributed by atoms with van der Waals surface area (Å²) in [7, 11) is 4.17. The molecule has 1 aromatic rings. The lowest BCUT2D eigenvalue weighted by Gasteiger charge is -2.15. The van der Waals surface area contributed by atoms with E-state index in [1.165, 1.54) is 12.0 Å². The predicted octanol–water partition coefficient (Wildman–Crippen LogP) is 1.97. The van der Waals surface area contributed by atoms with Crippen molar-refractivity contribution in [2.75, 3.05) is 40.3 Å². The minimum Gasteiger partial charge on any atom is -0.491 e. The van der Waals surface area contributed by atoms with Gasteiger partial charge < -0.3 is 20.1 Å². The third-order valence-corrected chi connectivity index (χ3v) is 3.35. The number of ether oxygens (including phenoxy) is 1. The molecule has 2 N–H and O–H groups in total. The van der Waals surface area contributed by atoms with Crippen molar-refractivity contribution in [3.05, 3.63) is 29.3 Å². The van der Waals surface area contributed by atoms with E-state index in [9.17, 15) is 5.11 Å². The van der Waals surface area contributed by atoms with Gasteiger partial charge in [0.05, 0.1) is 0 Å². The molecule has 4 heteroatoms. The number of nitrogens with zero attached hydrogens (tertiary/aromatic N) is 1. The van der Waals surface area contributed by atoms with Crippen LogP contribution in [0.5, 0.6) is 5.75 Å². The number of hydrogen-bond acceptors (Lipinski definition) is 4. The number of nitrogens with one attached hydrogen (secondary N) is 1. The first kappa shape index (κ1) is 18.0. The van der Waals surface area contributed by atoms with Gasteiger partial charge in [-0.2, -0.15) is 0 Å². The number of benzene rings is 1. The molecule has 1 unspecified atom stereocenters. The zero-order valence-electron chi connectivity index (χ0n) is 13.9. The highest BCUT2D eigenvalue weighted by molar-refractivity contribution is 5.35. The third kappa shape index (κ3) is 8.05. The maximum Gasteiger partial charge on any atom is 0.122 e. The van der Waals surface area contributed by atoms with Crippen LogP contribution in [0.4, 0.5) is 0 Å². The monoisotopic (exact) mass is 294 g/mol. The second kappa shape index (κ2) is 9.77. The Morgan fingerprint density at radius 3 is 2.67 bits per heavy atom. The van der Waals surface area contributed by atoms with E-state index in [-0.39, 0.29) is 0 Å². The SMILES string of the molecule is Cc1ccc(OCC(O)CNCCCCN(C)C)c(C)c1. The predicted molar refractivity (Wildman–Crippen MR) is 88.1 cm³/mol. The van der Waals surface area contributed by atoms with E-state index in [0.717, 1.165) is 30.8 Å². The standard InChI is InChI=1S/C17H30N2O2/c1-14-7-8-17(15(2)11-14)21-13-16(20)12-18-9-5-6-10-19(3)4/h7-8,11,16,18,20H,5-6,9-10,12-13H2,1-4H3. The Balaban J connectivity index is 2.12. The fourth-order valence-corrected chi connectivity index (χ4v) is 2.15. The molecule has 0 aliphatic carbocycles. The van der Waals surface area contributed by atoms with Crippen molar-refractivity contribution in [3.63, 3.8) is 0 Å². The lowest BCUT2D eigenvalue weighted by Crippen LogP contribution is -2.32. The van der Waals surface area contributed by atoms with Gasteiger partial charge in [0, 0.05) is 6.54 Å². The zero-order valence-corrected chi connectivity index (χ0v) is 13.9. The van der Waals surface area contributed by atoms with Crippen LogP contribution in [0.2, 0.25) is 0 Å². The fourth-order valence-electron chi connectivity index (χ4n) is 2.15. The van der Waals surface area contributed by atoms with Crippen LogP contribution in [0, 0.1) is 13.8 Å². The largest absolute Gasteiger partial charge is 0.491 e. The highest BCUT2D eigenvalue weighted by Gasteiger charge is 2.06. The molecule has 0 aliphatic heterocycles. The molecule has 0 amide bonds. The van der Waals surface area contributed by atoms with Crippen molar-refractivity contribution in [1.29, 1.82) is 0 Å². The van der Waals surface area contributed by atoms with Crippen LogP contribution in [0.1, 0.15) is 24.0 Å². The lowest BCUT2D eigenvalue weighted by molar-refractivity contribution is 0.106. The second-order valence-electron chi connectivity index (χ2n) is 5.95. The molecule has 0 fully saturated rings. The van der Waals surface area contributed by atoms with Gasteiger partial charge in [-0.25, -0.2) is 0 Å². The van der Waals surface area contributed by atoms with Crippen molar-refractivity contribution < 1.29 is 9.84 Å². The molecule has 0 aromatic heterocycles. The van der Waals surface area contributed by atoms with Crippen molar-refractivity contribution in [1.82, 2.24) is 10.2 Å². The third-order valence-electron chi connectivity index (χ3n) is 3.35. The second-order valence-corrected chi connectivity index (χ2v) is 5.95. The molecular weight excluding hydrogens is 264 g/mol. The first-order chi connectivity index (χ1) is 9.99. The number of rotatable bonds is 10. The Labute approximate surface area is 129 Å². The van der Waals surface area contributed by atoms with E-state index in [0.29, 0.717) is 13.2 Å². The van der Waals surface area contributed by atoms with E-state index >= 15 is 0 Å². The van der Waals surface area contributed by atoms with Crippen LogP contribution in [0.25, 0.3) is 0 Å². The lowest BCUT2D eigenvalue weighted by atomic mass is 10.1. The Morgan fingerprint density at radius 1 is 1.24 bits per heavy atom. The van der Waals surface area contributed by atoms with E-state index in [4.69, 9.17) is 4.74 Å². The van der Waals surface area contributed by atoms with Gasteiger partial charge in [0.2, 0.25) is 0 Å². The maximum absolute atomic E-state index is 9.91. The van der Waals surface area contributed by atoms with Gasteiger partial charge >= 0.3 is 0 Å². The summed E-state index contributed by atoms with van der Waals surface area (Å²) in [5, 5.41) is 13.2. The normalized spacial score (nSPS) is 12.7. The molecule has 0 radical (unpaired) electrons. The summed E-state index contributed by atoms with van der Waals surface area (Å²) in [5.41, 5.74) is 2.33. The smallest absolute Gasteiger partial charge is 0.122 e. The Bertz CT molecular complexity index is 408. The van der Waals surface area contributed by atoms with Gasteiger partial charge in [-0.1, -0.05) is 17.7 Å². The molecule has 0 spiro atoms. The zero-order chi connectivity index (χ0) is 15.7. The summed E-state index contributed by atoms with van der Waals surface area (Å²) >= 11 is 0. The van der Waals surface area contributed by atoms with E-state index < -0.39 is 6.10 Å². The summed E-state index contributed by atoms with van der Waals surface area (Å²) in [6.45, 7) is 7.04. The molecule has 1 atom stereocenters. The molecule has 4 nitrogen and oxygen atoms in total. The average molecular weight is 294 g/mol. The van der Waals surface area contributed by atoms with Crippen molar-refractivity contribution >= 4 is 0 Å². The Hall–Kier alpha value is -1.10. The van der Waals surface area contributed by atoms with Crippen molar-refractivity contribution in [2.24, 2.45) is 0 Å². The quantitative estimate of drug-likeness (QED) is 0.648. The molecule has 0 bridgehead atoms. The number of aliphatic hydroxyl groups excluding tert-OH is 1. The van der Waals surface area contributed by atoms with Crippen molar-refractivity contribution in [2.45, 2.75) is 32.8 Å². The van der Waals surface area contributed by atoms with E-state index in [1.807, 2.05) is 19.1 Å². The van der Waals surface area contributed by atoms with Crippen LogP contribution < -0.4 is 10.1 Å². The van der Waals surface area contributed by atoms with Crippen LogP contribution in [-0.2, 0) is 0 Å². The number of unbranched alkanes of at least 4 members (excludes halogenated alkanes) is 1. The summed E-state index contributed by atoms with van der Waals surface area (Å²) in [5.74, 6) is 0.852. The average Bonchev–Trinajstić information content (AvgIpc) is 2.41. The minimum atomic E-state index is -0.473. The minimum absolute atomic E-state index is 0.328. The van der Waals surface area contributed by atoms with Crippen LogP contribution in [0.15, 0.2) is 18.2 Å². The first-order valence-corrected chi connectivity index (χ1v) is 7.72. The van der Waals surface area contributed by atoms with E-state index in [1.54, 1.807) is 0 Å². The van der Waals surface area contributed by atoms with Crippen LogP contribution >= 0.6 is 0 Å². The molecule has 21 heavy (non-hydrogen) atoms. The van der Waals surface area contributed by atoms with E-state index in [2.05, 4.69) is 37.3 Å². The molecule has 120 valence electrons. The maximum atomic E-state index is 9.91. The molecule has 1 rings (SSSR count). The van der Waals surface area contributed by atoms with Crippen molar-refractivity contribution in [3.8, 4) is 5.75 Å². The summed E-state index contributed by atoms with van der Waals surface area (Å²) < 4.78 is 5.67. The number of hydrogen-bond donors (Lipinski definition) is 2. The van der Waals surface area contributed by atoms with Gasteiger partial charge in [-0.3, -0.25) is 0 Å². The molecule has 0 saturated carbocycles. The first-order valence-electron chi connectivity index (χ1n) is 7.72. The highest BCUT2D eigenvalue weighted by Crippen LogP contribution is 2.18. The topological polar surface area (TPSA) is 44.7 Å². The summed E-state index contributed by atoms with van der Waals surface area (Å²) in [4.78, 5) is 2.19. The molecule has 0 saturated heterocycles. The fraction of sp³-hybridized carbons (Fsp3) is 0.647. The summed E-state index contributed by atoms with van der Waals surface area (Å²) in [6, 6.07) is 6.08. The molecule has 0 heterocycles. The van der Waals surface area contributed by atoms with Gasteiger partial charge in [-0.05, 0) is 65.5 Å².